The zero-order valence-corrected chi connectivity index (χ0v) is 8.83. The molecule has 66 valence electrons. The minimum Gasteiger partial charge on any atom is -0.256 e. The number of hydrogen-bond acceptors (Lipinski definition) is 2. The standard InChI is InChI=1S/C9H5Cl2NS/c10-8-3-4-12-9-2-1-6(13-11)5-7(8)9/h1-5H. The molecule has 2 aromatic rings. The van der Waals surface area contributed by atoms with E-state index in [9.17, 15) is 0 Å². The van der Waals surface area contributed by atoms with Gasteiger partial charge in [0.2, 0.25) is 0 Å². The molecule has 0 fully saturated rings. The topological polar surface area (TPSA) is 12.9 Å². The second kappa shape index (κ2) is 3.74. The summed E-state index contributed by atoms with van der Waals surface area (Å²) < 4.78 is 0. The molecule has 0 unspecified atom stereocenters. The fourth-order valence-corrected chi connectivity index (χ4v) is 1.92. The van der Waals surface area contributed by atoms with E-state index < -0.39 is 0 Å². The Kier molecular flexibility index (Phi) is 2.63. The summed E-state index contributed by atoms with van der Waals surface area (Å²) in [6.07, 6.45) is 1.69. The molecule has 0 aliphatic rings. The summed E-state index contributed by atoms with van der Waals surface area (Å²) in [5.74, 6) is 0. The molecule has 0 radical (unpaired) electrons. The summed E-state index contributed by atoms with van der Waals surface area (Å²) in [5.41, 5.74) is 0.891. The predicted octanol–water partition coefficient (Wildman–Crippen LogP) is 4.13. The summed E-state index contributed by atoms with van der Waals surface area (Å²) in [6, 6.07) is 7.53. The van der Waals surface area contributed by atoms with Crippen LogP contribution in [0.5, 0.6) is 0 Å². The number of hydrogen-bond donors (Lipinski definition) is 0. The van der Waals surface area contributed by atoms with Gasteiger partial charge in [-0.15, -0.1) is 0 Å². The molecule has 0 saturated heterocycles. The Morgan fingerprint density at radius 3 is 2.85 bits per heavy atom. The van der Waals surface area contributed by atoms with Gasteiger partial charge in [-0.2, -0.15) is 0 Å². The largest absolute Gasteiger partial charge is 0.256 e. The first kappa shape index (κ1) is 9.13. The van der Waals surface area contributed by atoms with Gasteiger partial charge < -0.3 is 0 Å². The molecule has 0 amide bonds. The van der Waals surface area contributed by atoms with Crippen molar-refractivity contribution in [2.45, 2.75) is 4.90 Å². The van der Waals surface area contributed by atoms with E-state index in [2.05, 4.69) is 4.98 Å². The molecule has 2 rings (SSSR count). The maximum atomic E-state index is 5.99. The molecule has 4 heteroatoms. The molecule has 0 spiro atoms. The van der Waals surface area contributed by atoms with Crippen LogP contribution in [0.4, 0.5) is 0 Å². The van der Waals surface area contributed by atoms with Crippen molar-refractivity contribution in [2.75, 3.05) is 0 Å². The van der Waals surface area contributed by atoms with E-state index in [0.717, 1.165) is 15.8 Å². The zero-order chi connectivity index (χ0) is 9.26. The van der Waals surface area contributed by atoms with Crippen LogP contribution in [0.25, 0.3) is 10.9 Å². The summed E-state index contributed by atoms with van der Waals surface area (Å²) in [7, 11) is 6.81. The second-order valence-electron chi connectivity index (χ2n) is 2.55. The van der Waals surface area contributed by atoms with Gasteiger partial charge in [-0.05, 0) is 45.9 Å². The Labute approximate surface area is 89.6 Å². The van der Waals surface area contributed by atoms with Crippen LogP contribution >= 0.6 is 33.3 Å². The SMILES string of the molecule is ClSc1ccc2nccc(Cl)c2c1. The Hall–Kier alpha value is -0.440. The fourth-order valence-electron chi connectivity index (χ4n) is 1.14. The molecule has 0 N–H and O–H groups in total. The summed E-state index contributed by atoms with van der Waals surface area (Å²) >= 11 is 5.99. The lowest BCUT2D eigenvalue weighted by Crippen LogP contribution is -1.79. The summed E-state index contributed by atoms with van der Waals surface area (Å²) in [4.78, 5) is 5.16. The molecular formula is C9H5Cl2NS. The number of rotatable bonds is 1. The van der Waals surface area contributed by atoms with Crippen LogP contribution in [-0.4, -0.2) is 4.98 Å². The van der Waals surface area contributed by atoms with Gasteiger partial charge >= 0.3 is 0 Å². The molecule has 1 aromatic heterocycles. The zero-order valence-electron chi connectivity index (χ0n) is 6.50. The first-order chi connectivity index (χ1) is 6.31. The van der Waals surface area contributed by atoms with Gasteiger partial charge in [-0.25, -0.2) is 0 Å². The van der Waals surface area contributed by atoms with Gasteiger partial charge in [0.05, 0.1) is 10.5 Å². The minimum atomic E-state index is 0.706. The molecule has 0 aliphatic carbocycles. The van der Waals surface area contributed by atoms with E-state index in [4.69, 9.17) is 22.3 Å². The van der Waals surface area contributed by atoms with Crippen molar-refractivity contribution in [1.29, 1.82) is 0 Å². The highest BCUT2D eigenvalue weighted by Gasteiger charge is 2.00. The van der Waals surface area contributed by atoms with Crippen LogP contribution in [0.3, 0.4) is 0 Å². The van der Waals surface area contributed by atoms with E-state index in [0.29, 0.717) is 5.02 Å². The van der Waals surface area contributed by atoms with Gasteiger partial charge in [0, 0.05) is 16.5 Å². The average Bonchev–Trinajstić information content (AvgIpc) is 2.18. The molecular weight excluding hydrogens is 225 g/mol. The highest BCUT2D eigenvalue weighted by Crippen LogP contribution is 2.28. The van der Waals surface area contributed by atoms with Crippen molar-refractivity contribution in [2.24, 2.45) is 0 Å². The van der Waals surface area contributed by atoms with Gasteiger partial charge in [0.25, 0.3) is 0 Å². The van der Waals surface area contributed by atoms with Crippen molar-refractivity contribution in [3.05, 3.63) is 35.5 Å². The molecule has 0 saturated carbocycles. The number of halogens is 2. The molecule has 13 heavy (non-hydrogen) atoms. The summed E-state index contributed by atoms with van der Waals surface area (Å²) in [6.45, 7) is 0. The van der Waals surface area contributed by atoms with Crippen LogP contribution in [0.15, 0.2) is 35.4 Å². The van der Waals surface area contributed by atoms with Crippen LogP contribution in [0.2, 0.25) is 5.02 Å². The molecule has 1 heterocycles. The van der Waals surface area contributed by atoms with Crippen LogP contribution in [0, 0.1) is 0 Å². The lowest BCUT2D eigenvalue weighted by Gasteiger charge is -2.00. The molecule has 0 atom stereocenters. The van der Waals surface area contributed by atoms with Crippen molar-refractivity contribution < 1.29 is 0 Å². The molecule has 1 nitrogen and oxygen atoms in total. The Morgan fingerprint density at radius 1 is 1.23 bits per heavy atom. The Balaban J connectivity index is 2.74. The Bertz CT molecular complexity index is 445. The number of nitrogens with zero attached hydrogens (tertiary/aromatic N) is 1. The Morgan fingerprint density at radius 2 is 2.08 bits per heavy atom. The fraction of sp³-hybridized carbons (Fsp3) is 0. The smallest absolute Gasteiger partial charge is 0.0717 e. The highest BCUT2D eigenvalue weighted by atomic mass is 35.7. The number of fused-ring (bicyclic) bond motifs is 1. The van der Waals surface area contributed by atoms with Gasteiger partial charge in [-0.1, -0.05) is 11.6 Å². The third-order valence-electron chi connectivity index (χ3n) is 1.75. The van der Waals surface area contributed by atoms with Gasteiger partial charge in [0.15, 0.2) is 0 Å². The van der Waals surface area contributed by atoms with E-state index >= 15 is 0 Å². The normalized spacial score (nSPS) is 10.6. The van der Waals surface area contributed by atoms with Gasteiger partial charge in [-0.3, -0.25) is 4.98 Å². The van der Waals surface area contributed by atoms with E-state index in [1.807, 2.05) is 18.2 Å². The second-order valence-corrected chi connectivity index (χ2v) is 4.04. The first-order valence-electron chi connectivity index (χ1n) is 3.64. The number of aromatic nitrogens is 1. The molecule has 0 bridgehead atoms. The maximum absolute atomic E-state index is 5.99. The number of pyridine rings is 1. The van der Waals surface area contributed by atoms with E-state index in [1.165, 1.54) is 11.0 Å². The quantitative estimate of drug-likeness (QED) is 0.730. The molecule has 1 aromatic carbocycles. The van der Waals surface area contributed by atoms with E-state index in [1.54, 1.807) is 12.3 Å². The lowest BCUT2D eigenvalue weighted by atomic mass is 10.2. The van der Waals surface area contributed by atoms with Crippen LogP contribution < -0.4 is 0 Å². The molecule has 0 aliphatic heterocycles. The maximum Gasteiger partial charge on any atom is 0.0717 e. The number of benzene rings is 1. The highest BCUT2D eigenvalue weighted by molar-refractivity contribution is 8.21. The van der Waals surface area contributed by atoms with Crippen molar-refractivity contribution in [1.82, 2.24) is 4.98 Å². The van der Waals surface area contributed by atoms with Crippen molar-refractivity contribution in [3.8, 4) is 0 Å². The monoisotopic (exact) mass is 229 g/mol. The van der Waals surface area contributed by atoms with E-state index in [-0.39, 0.29) is 0 Å². The van der Waals surface area contributed by atoms with Crippen molar-refractivity contribution in [3.63, 3.8) is 0 Å². The third kappa shape index (κ3) is 1.75. The van der Waals surface area contributed by atoms with Crippen LogP contribution in [0.1, 0.15) is 0 Å². The summed E-state index contributed by atoms with van der Waals surface area (Å²) in [5, 5.41) is 1.65. The minimum absolute atomic E-state index is 0.706. The van der Waals surface area contributed by atoms with Crippen LogP contribution in [-0.2, 0) is 0 Å². The first-order valence-corrected chi connectivity index (χ1v) is 5.66. The lowest BCUT2D eigenvalue weighted by molar-refractivity contribution is 1.39. The third-order valence-corrected chi connectivity index (χ3v) is 3.05. The van der Waals surface area contributed by atoms with Crippen molar-refractivity contribution >= 4 is 44.2 Å². The average molecular weight is 230 g/mol. The van der Waals surface area contributed by atoms with Gasteiger partial charge in [0.1, 0.15) is 0 Å². The predicted molar refractivity (Wildman–Crippen MR) is 58.5 cm³/mol.